The molecule has 0 fully saturated rings. The summed E-state index contributed by atoms with van der Waals surface area (Å²) in [4.78, 5) is 0. The van der Waals surface area contributed by atoms with Gasteiger partial charge >= 0.3 is 141 Å². The van der Waals surface area contributed by atoms with E-state index >= 15 is 0 Å². The molecule has 1 nitrogen and oxygen atoms in total. The van der Waals surface area contributed by atoms with Crippen LogP contribution in [0, 0.1) is 0 Å². The Morgan fingerprint density at radius 1 is 1.00 bits per heavy atom. The zero-order valence-electron chi connectivity index (χ0n) is 13.5. The van der Waals surface area contributed by atoms with E-state index < -0.39 is 7.26 Å². The van der Waals surface area contributed by atoms with Crippen LogP contribution in [0.15, 0.2) is 24.3 Å². The summed E-state index contributed by atoms with van der Waals surface area (Å²) in [5.74, 6) is 0.892. The first-order valence-electron chi connectivity index (χ1n) is 6.87. The summed E-state index contributed by atoms with van der Waals surface area (Å²) in [6.45, 7) is 13.9. The Labute approximate surface area is 140 Å². The van der Waals surface area contributed by atoms with Crippen molar-refractivity contribution in [3.63, 3.8) is 0 Å². The van der Waals surface area contributed by atoms with E-state index in [0.717, 1.165) is 5.75 Å². The summed E-state index contributed by atoms with van der Waals surface area (Å²) in [6, 6.07) is 8.49. The Balaban J connectivity index is 3.58. The van der Waals surface area contributed by atoms with Gasteiger partial charge in [-0.2, -0.15) is 0 Å². The Morgan fingerprint density at radius 2 is 1.40 bits per heavy atom. The number of hydrogen-bond acceptors (Lipinski definition) is 1. The fraction of sp³-hybridized carbons (Fsp3) is 0.625. The van der Waals surface area contributed by atoms with Crippen LogP contribution >= 0.6 is 18.9 Å². The summed E-state index contributed by atoms with van der Waals surface area (Å²) in [5, 5.41) is 1.67. The molecule has 119 valence electrons. The molecule has 0 heterocycles. The molecule has 1 aromatic carbocycles. The summed E-state index contributed by atoms with van der Waals surface area (Å²) < 4.78 is 5.30. The molecule has 0 N–H and O–H groups in total. The second-order valence-corrected chi connectivity index (χ2v) is 16.1. The van der Waals surface area contributed by atoms with Crippen LogP contribution in [0.2, 0.25) is 0 Å². The molecular weight excluding hydrogens is 381 g/mol. The average molecular weight is 408 g/mol. The Kier molecular flexibility index (Phi) is 5.77. The van der Waals surface area contributed by atoms with Crippen molar-refractivity contribution < 1.29 is 23.9 Å². The van der Waals surface area contributed by atoms with Crippen LogP contribution in [-0.2, 0) is 19.2 Å². The summed E-state index contributed by atoms with van der Waals surface area (Å²) >= 11 is 10.2. The van der Waals surface area contributed by atoms with E-state index in [4.69, 9.17) is 16.3 Å². The standard InChI is InChI=1S/C16H27ClOP.Pd/c1-15(2,3)19(12-17,16(4,5)6)14-10-8-13(18-7)9-11-14;/h8-12,19H,1-7H3;. The first-order valence-corrected chi connectivity index (χ1v) is 10.3. The zero-order chi connectivity index (χ0) is 15.8. The Bertz CT molecular complexity index is 429. The molecule has 0 amide bonds. The molecule has 1 aromatic rings. The predicted molar refractivity (Wildman–Crippen MR) is 90.1 cm³/mol. The van der Waals surface area contributed by atoms with E-state index in [1.54, 1.807) is 7.11 Å². The van der Waals surface area contributed by atoms with Crippen LogP contribution in [-0.4, -0.2) is 21.0 Å². The summed E-state index contributed by atoms with van der Waals surface area (Å²) in [5.41, 5.74) is 0. The van der Waals surface area contributed by atoms with Crippen LogP contribution in [0.1, 0.15) is 41.5 Å². The van der Waals surface area contributed by atoms with Gasteiger partial charge in [0.25, 0.3) is 0 Å². The molecule has 0 aromatic heterocycles. The van der Waals surface area contributed by atoms with Gasteiger partial charge in [-0.15, -0.1) is 0 Å². The third kappa shape index (κ3) is 3.10. The normalized spacial score (nSPS) is 15.9. The quantitative estimate of drug-likeness (QED) is 0.399. The van der Waals surface area contributed by atoms with Crippen molar-refractivity contribution in [3.05, 3.63) is 24.3 Å². The molecule has 0 aliphatic carbocycles. The van der Waals surface area contributed by atoms with Gasteiger partial charge in [0.1, 0.15) is 0 Å². The minimum atomic E-state index is -2.04. The van der Waals surface area contributed by atoms with Gasteiger partial charge in [-0.05, 0) is 0 Å². The maximum absolute atomic E-state index is 6.74. The number of methoxy groups -OCH3 is 1. The minimum absolute atomic E-state index is 0.0129. The fourth-order valence-corrected chi connectivity index (χ4v) is 16.8. The number of rotatable bonds is 3. The SMILES string of the molecule is COc1ccc([PH]([CH](Cl)[Pd])(C(C)(C)C)C(C)(C)C)cc1. The maximum atomic E-state index is 6.74. The summed E-state index contributed by atoms with van der Waals surface area (Å²) in [6.07, 6.45) is 0. The van der Waals surface area contributed by atoms with Crippen molar-refractivity contribution in [1.82, 2.24) is 0 Å². The first kappa shape index (κ1) is 18.5. The molecule has 1 unspecified atom stereocenters. The van der Waals surface area contributed by atoms with E-state index in [1.165, 1.54) is 5.30 Å². The molecule has 4 heteroatoms. The molecule has 0 saturated carbocycles. The van der Waals surface area contributed by atoms with Gasteiger partial charge < -0.3 is 0 Å². The van der Waals surface area contributed by atoms with E-state index in [2.05, 4.69) is 72.9 Å². The number of halogens is 1. The van der Waals surface area contributed by atoms with E-state index in [1.807, 2.05) is 12.1 Å². The van der Waals surface area contributed by atoms with Gasteiger partial charge in [-0.25, -0.2) is 0 Å². The van der Waals surface area contributed by atoms with Crippen LogP contribution in [0.4, 0.5) is 0 Å². The van der Waals surface area contributed by atoms with E-state index in [0.29, 0.717) is 0 Å². The predicted octanol–water partition coefficient (Wildman–Crippen LogP) is 4.74. The van der Waals surface area contributed by atoms with Crippen molar-refractivity contribution in [2.75, 3.05) is 7.11 Å². The second kappa shape index (κ2) is 6.26. The van der Waals surface area contributed by atoms with Gasteiger partial charge in [0.05, 0.1) is 0 Å². The molecule has 0 radical (unpaired) electrons. The van der Waals surface area contributed by atoms with Crippen molar-refractivity contribution in [2.45, 2.75) is 55.4 Å². The van der Waals surface area contributed by atoms with Gasteiger partial charge in [-0.1, -0.05) is 0 Å². The molecule has 1 rings (SSSR count). The third-order valence-electron chi connectivity index (χ3n) is 4.21. The molecule has 0 bridgehead atoms. The van der Waals surface area contributed by atoms with Crippen molar-refractivity contribution in [2.24, 2.45) is 0 Å². The fourth-order valence-electron chi connectivity index (χ4n) is 3.56. The van der Waals surface area contributed by atoms with Gasteiger partial charge in [-0.3, -0.25) is 0 Å². The molecule has 0 spiro atoms. The Hall–Kier alpha value is 0.402. The topological polar surface area (TPSA) is 9.23 Å². The molecule has 1 atom stereocenters. The van der Waals surface area contributed by atoms with Gasteiger partial charge in [0.15, 0.2) is 0 Å². The first-order chi connectivity index (χ1) is 8.98. The monoisotopic (exact) mass is 407 g/mol. The van der Waals surface area contributed by atoms with E-state index in [9.17, 15) is 0 Å². The van der Waals surface area contributed by atoms with Crippen LogP contribution in [0.5, 0.6) is 5.75 Å². The third-order valence-corrected chi connectivity index (χ3v) is 13.8. The molecule has 0 aliphatic rings. The van der Waals surface area contributed by atoms with Crippen molar-refractivity contribution >= 4 is 24.2 Å². The van der Waals surface area contributed by atoms with Crippen LogP contribution in [0.3, 0.4) is 0 Å². The molecular formula is C16H27ClOPPd. The molecule has 0 saturated heterocycles. The molecule has 0 aliphatic heterocycles. The van der Waals surface area contributed by atoms with Crippen molar-refractivity contribution in [3.8, 4) is 5.75 Å². The number of alkyl halides is 1. The van der Waals surface area contributed by atoms with Crippen molar-refractivity contribution in [1.29, 1.82) is 0 Å². The molecule has 20 heavy (non-hydrogen) atoms. The zero-order valence-corrected chi connectivity index (χ0v) is 16.8. The second-order valence-electron chi connectivity index (χ2n) is 7.31. The van der Waals surface area contributed by atoms with Gasteiger partial charge in [0.2, 0.25) is 0 Å². The van der Waals surface area contributed by atoms with Gasteiger partial charge in [0, 0.05) is 0 Å². The van der Waals surface area contributed by atoms with Crippen LogP contribution < -0.4 is 10.0 Å². The number of benzene rings is 1. The number of ether oxygens (including phenoxy) is 1. The number of hydrogen-bond donors (Lipinski definition) is 0. The average Bonchev–Trinajstić information content (AvgIpc) is 2.26. The Morgan fingerprint density at radius 3 is 1.65 bits per heavy atom. The summed E-state index contributed by atoms with van der Waals surface area (Å²) in [7, 11) is -0.346. The van der Waals surface area contributed by atoms with E-state index in [-0.39, 0.29) is 13.9 Å². The van der Waals surface area contributed by atoms with Crippen LogP contribution in [0.25, 0.3) is 0 Å².